The molecule has 0 radical (unpaired) electrons. The van der Waals surface area contributed by atoms with E-state index in [-0.39, 0.29) is 12.2 Å². The van der Waals surface area contributed by atoms with Gasteiger partial charge in [-0.3, -0.25) is 9.59 Å². The number of carboxylic acid groups (broad SMARTS) is 1. The van der Waals surface area contributed by atoms with Crippen molar-refractivity contribution in [3.8, 4) is 0 Å². The number of primary amides is 1. The van der Waals surface area contributed by atoms with Gasteiger partial charge >= 0.3 is 5.97 Å². The normalized spacial score (nSPS) is 18.4. The molecule has 1 aliphatic carbocycles. The molecule has 7 heteroatoms. The fourth-order valence-electron chi connectivity index (χ4n) is 1.60. The average molecular weight is 235 g/mol. The van der Waals surface area contributed by atoms with Crippen LogP contribution in [-0.2, 0) is 19.4 Å². The number of nitrogens with two attached hydrogens (primary N) is 1. The van der Waals surface area contributed by atoms with E-state index < -0.39 is 32.9 Å². The van der Waals surface area contributed by atoms with Crippen LogP contribution in [0.1, 0.15) is 19.3 Å². The second-order valence-electron chi connectivity index (χ2n) is 4.07. The molecule has 0 aromatic rings. The van der Waals surface area contributed by atoms with Crippen molar-refractivity contribution in [1.82, 2.24) is 0 Å². The number of rotatable bonds is 6. The minimum absolute atomic E-state index is 0.162. The maximum Gasteiger partial charge on any atom is 0.303 e. The molecule has 0 aromatic heterocycles. The Kier molecular flexibility index (Phi) is 3.03. The number of hydrogen-bond donors (Lipinski definition) is 2. The van der Waals surface area contributed by atoms with Gasteiger partial charge in [0, 0.05) is 0 Å². The van der Waals surface area contributed by atoms with Gasteiger partial charge in [0.05, 0.1) is 12.2 Å². The molecule has 0 spiro atoms. The minimum Gasteiger partial charge on any atom is -0.481 e. The number of hydrogen-bond acceptors (Lipinski definition) is 4. The summed E-state index contributed by atoms with van der Waals surface area (Å²) in [6.45, 7) is 0. The minimum atomic E-state index is -3.56. The third kappa shape index (κ3) is 3.86. The van der Waals surface area contributed by atoms with Crippen LogP contribution >= 0.6 is 0 Å². The van der Waals surface area contributed by atoms with Gasteiger partial charge in [0.25, 0.3) is 0 Å². The zero-order chi connectivity index (χ0) is 11.7. The zero-order valence-corrected chi connectivity index (χ0v) is 8.92. The summed E-state index contributed by atoms with van der Waals surface area (Å²) in [7, 11) is -3.56. The molecule has 3 N–H and O–H groups in total. The van der Waals surface area contributed by atoms with Crippen molar-refractivity contribution in [2.24, 2.45) is 11.1 Å². The lowest BCUT2D eigenvalue weighted by molar-refractivity contribution is -0.138. The van der Waals surface area contributed by atoms with E-state index in [0.717, 1.165) is 0 Å². The molecule has 0 saturated heterocycles. The van der Waals surface area contributed by atoms with Crippen LogP contribution in [0.25, 0.3) is 0 Å². The van der Waals surface area contributed by atoms with Crippen molar-refractivity contribution < 1.29 is 23.1 Å². The molecule has 0 atom stereocenters. The Bertz CT molecular complexity index is 382. The van der Waals surface area contributed by atoms with Crippen molar-refractivity contribution in [1.29, 1.82) is 0 Å². The van der Waals surface area contributed by atoms with E-state index in [1.165, 1.54) is 0 Å². The first-order valence-corrected chi connectivity index (χ1v) is 6.27. The van der Waals surface area contributed by atoms with Gasteiger partial charge in [0.1, 0.15) is 5.75 Å². The highest BCUT2D eigenvalue weighted by Crippen LogP contribution is 2.49. The molecule has 1 aliphatic rings. The van der Waals surface area contributed by atoms with Gasteiger partial charge in [-0.2, -0.15) is 0 Å². The van der Waals surface area contributed by atoms with Crippen molar-refractivity contribution >= 4 is 21.7 Å². The first kappa shape index (κ1) is 12.0. The molecule has 86 valence electrons. The summed E-state index contributed by atoms with van der Waals surface area (Å²) < 4.78 is 22.8. The fraction of sp³-hybridized carbons (Fsp3) is 0.750. The van der Waals surface area contributed by atoms with E-state index in [1.54, 1.807) is 0 Å². The number of carbonyl (C=O) groups excluding carboxylic acids is 1. The Balaban J connectivity index is 2.61. The molecule has 15 heavy (non-hydrogen) atoms. The number of carboxylic acids is 1. The van der Waals surface area contributed by atoms with Crippen molar-refractivity contribution in [3.05, 3.63) is 0 Å². The molecule has 1 fully saturated rings. The molecular weight excluding hydrogens is 222 g/mol. The van der Waals surface area contributed by atoms with Gasteiger partial charge in [0.2, 0.25) is 5.91 Å². The SMILES string of the molecule is NC(=O)CS(=O)(=O)CC1(CC(=O)O)CC1. The molecule has 0 aliphatic heterocycles. The molecule has 1 saturated carbocycles. The van der Waals surface area contributed by atoms with Crippen LogP contribution in [0.5, 0.6) is 0 Å². The third-order valence-corrected chi connectivity index (χ3v) is 4.15. The Morgan fingerprint density at radius 2 is 1.87 bits per heavy atom. The Morgan fingerprint density at radius 1 is 1.33 bits per heavy atom. The van der Waals surface area contributed by atoms with Crippen LogP contribution in [0, 0.1) is 5.41 Å². The molecular formula is C8H13NO5S. The fourth-order valence-corrected chi connectivity index (χ4v) is 3.46. The third-order valence-electron chi connectivity index (χ3n) is 2.37. The predicted molar refractivity (Wildman–Crippen MR) is 51.8 cm³/mol. The second-order valence-corrected chi connectivity index (χ2v) is 6.13. The van der Waals surface area contributed by atoms with E-state index >= 15 is 0 Å². The zero-order valence-electron chi connectivity index (χ0n) is 8.10. The van der Waals surface area contributed by atoms with E-state index in [9.17, 15) is 18.0 Å². The Morgan fingerprint density at radius 3 is 2.20 bits per heavy atom. The maximum absolute atomic E-state index is 11.4. The average Bonchev–Trinajstić information content (AvgIpc) is 2.61. The van der Waals surface area contributed by atoms with Crippen molar-refractivity contribution in [2.45, 2.75) is 19.3 Å². The predicted octanol–water partition coefficient (Wildman–Crippen LogP) is -0.859. The lowest BCUT2D eigenvalue weighted by Gasteiger charge is -2.11. The lowest BCUT2D eigenvalue weighted by atomic mass is 10.1. The summed E-state index contributed by atoms with van der Waals surface area (Å²) in [6, 6.07) is 0. The summed E-state index contributed by atoms with van der Waals surface area (Å²) in [5.74, 6) is -2.87. The topological polar surface area (TPSA) is 115 Å². The number of carbonyl (C=O) groups is 2. The van der Waals surface area contributed by atoms with Crippen LogP contribution in [0.2, 0.25) is 0 Å². The number of aliphatic carboxylic acids is 1. The van der Waals surface area contributed by atoms with Crippen LogP contribution in [0.4, 0.5) is 0 Å². The van der Waals surface area contributed by atoms with Crippen LogP contribution in [0.3, 0.4) is 0 Å². The van der Waals surface area contributed by atoms with E-state index in [1.807, 2.05) is 0 Å². The van der Waals surface area contributed by atoms with Gasteiger partial charge in [-0.15, -0.1) is 0 Å². The molecule has 0 heterocycles. The van der Waals surface area contributed by atoms with Crippen LogP contribution in [0.15, 0.2) is 0 Å². The maximum atomic E-state index is 11.4. The highest BCUT2D eigenvalue weighted by molar-refractivity contribution is 7.92. The number of sulfone groups is 1. The van der Waals surface area contributed by atoms with Crippen molar-refractivity contribution in [3.63, 3.8) is 0 Å². The number of amides is 1. The molecule has 0 bridgehead atoms. The largest absolute Gasteiger partial charge is 0.481 e. The standard InChI is InChI=1S/C8H13NO5S/c9-6(10)4-15(13,14)5-8(1-2-8)3-7(11)12/h1-5H2,(H2,9,10)(H,11,12). The molecule has 0 unspecified atom stereocenters. The summed E-state index contributed by atoms with van der Waals surface area (Å²) in [6.07, 6.45) is 1.000. The summed E-state index contributed by atoms with van der Waals surface area (Å²) in [5.41, 5.74) is 4.13. The van der Waals surface area contributed by atoms with Gasteiger partial charge in [-0.25, -0.2) is 8.42 Å². The van der Waals surface area contributed by atoms with Gasteiger partial charge in [-0.05, 0) is 18.3 Å². The van der Waals surface area contributed by atoms with Gasteiger partial charge in [-0.1, -0.05) is 0 Å². The highest BCUT2D eigenvalue weighted by atomic mass is 32.2. The molecule has 6 nitrogen and oxygen atoms in total. The van der Waals surface area contributed by atoms with Gasteiger partial charge < -0.3 is 10.8 Å². The van der Waals surface area contributed by atoms with Crippen molar-refractivity contribution in [2.75, 3.05) is 11.5 Å². The lowest BCUT2D eigenvalue weighted by Crippen LogP contribution is -2.29. The van der Waals surface area contributed by atoms with E-state index in [2.05, 4.69) is 0 Å². The molecule has 0 aromatic carbocycles. The van der Waals surface area contributed by atoms with Crippen LogP contribution < -0.4 is 5.73 Å². The van der Waals surface area contributed by atoms with Gasteiger partial charge in [0.15, 0.2) is 9.84 Å². The Labute approximate surface area is 87.4 Å². The summed E-state index contributed by atoms with van der Waals surface area (Å²) >= 11 is 0. The second kappa shape index (κ2) is 3.80. The molecule has 1 rings (SSSR count). The summed E-state index contributed by atoms with van der Waals surface area (Å²) in [5, 5.41) is 8.58. The Hall–Kier alpha value is -1.11. The molecule has 1 amide bonds. The van der Waals surface area contributed by atoms with E-state index in [0.29, 0.717) is 12.8 Å². The monoisotopic (exact) mass is 235 g/mol. The van der Waals surface area contributed by atoms with E-state index in [4.69, 9.17) is 10.8 Å². The smallest absolute Gasteiger partial charge is 0.303 e. The first-order valence-electron chi connectivity index (χ1n) is 4.45. The summed E-state index contributed by atoms with van der Waals surface area (Å²) in [4.78, 5) is 20.9. The highest BCUT2D eigenvalue weighted by Gasteiger charge is 2.47. The quantitative estimate of drug-likeness (QED) is 0.621. The van der Waals surface area contributed by atoms with Crippen LogP contribution in [-0.4, -0.2) is 36.9 Å². The first-order chi connectivity index (χ1) is 6.75.